The lowest BCUT2D eigenvalue weighted by Gasteiger charge is -2.23. The molecule has 2 aliphatic heterocycles. The summed E-state index contributed by atoms with van der Waals surface area (Å²) in [6, 6.07) is 14.7. The molecule has 1 fully saturated rings. The van der Waals surface area contributed by atoms with Crippen LogP contribution in [0.25, 0.3) is 11.1 Å². The van der Waals surface area contributed by atoms with E-state index in [1.807, 2.05) is 36.4 Å². The van der Waals surface area contributed by atoms with Gasteiger partial charge in [0.2, 0.25) is 0 Å². The minimum atomic E-state index is -1.01. The molecule has 3 aromatic carbocycles. The van der Waals surface area contributed by atoms with Crippen LogP contribution in [0.5, 0.6) is 17.2 Å². The maximum absolute atomic E-state index is 11.7. The van der Waals surface area contributed by atoms with Crippen molar-refractivity contribution in [2.24, 2.45) is 5.73 Å². The number of carbonyl (C=O) groups is 2. The Morgan fingerprint density at radius 2 is 1.80 bits per heavy atom. The monoisotopic (exact) mass is 644 g/mol. The molecule has 41 heavy (non-hydrogen) atoms. The number of halogens is 2. The Morgan fingerprint density at radius 3 is 2.56 bits per heavy atom. The van der Waals surface area contributed by atoms with Crippen LogP contribution in [0.15, 0.2) is 53.0 Å². The van der Waals surface area contributed by atoms with Crippen LogP contribution in [0, 0.1) is 0 Å². The van der Waals surface area contributed by atoms with E-state index >= 15 is 0 Å². The van der Waals surface area contributed by atoms with Gasteiger partial charge in [-0.05, 0) is 75.3 Å². The molecule has 0 unspecified atom stereocenters. The van der Waals surface area contributed by atoms with Gasteiger partial charge in [-0.1, -0.05) is 35.9 Å². The molecule has 2 heterocycles. The second kappa shape index (κ2) is 12.7. The predicted molar refractivity (Wildman–Crippen MR) is 157 cm³/mol. The number of ether oxygens (including phenoxy) is 3. The number of nitrogens with zero attached hydrogens (tertiary/aromatic N) is 1. The van der Waals surface area contributed by atoms with Crippen molar-refractivity contribution in [1.82, 2.24) is 4.90 Å². The average Bonchev–Trinajstić information content (AvgIpc) is 3.32. The summed E-state index contributed by atoms with van der Waals surface area (Å²) in [6.07, 6.45) is 0.637. The van der Waals surface area contributed by atoms with Crippen LogP contribution in [0.3, 0.4) is 0 Å². The zero-order valence-electron chi connectivity index (χ0n) is 22.1. The van der Waals surface area contributed by atoms with Crippen LogP contribution in [-0.2, 0) is 29.0 Å². The molecule has 2 atom stereocenters. The zero-order chi connectivity index (χ0) is 29.1. The van der Waals surface area contributed by atoms with Crippen LogP contribution in [-0.4, -0.2) is 65.5 Å². The molecule has 0 saturated carbocycles. The Balaban J connectivity index is 1.37. The number of aryl methyl sites for hydroxylation is 2. The van der Waals surface area contributed by atoms with Gasteiger partial charge in [0, 0.05) is 34.6 Å². The summed E-state index contributed by atoms with van der Waals surface area (Å²) in [5.41, 5.74) is 9.84. The molecule has 0 spiro atoms. The highest BCUT2D eigenvalue weighted by Gasteiger charge is 2.36. The van der Waals surface area contributed by atoms with E-state index in [-0.39, 0.29) is 26.1 Å². The lowest BCUT2D eigenvalue weighted by Crippen LogP contribution is -2.35. The highest BCUT2D eigenvalue weighted by Crippen LogP contribution is 2.39. The smallest absolute Gasteiger partial charge is 0.321 e. The summed E-state index contributed by atoms with van der Waals surface area (Å²) in [7, 11) is 0. The number of hydrogen-bond acceptors (Lipinski definition) is 7. The van der Waals surface area contributed by atoms with E-state index in [0.717, 1.165) is 38.2 Å². The summed E-state index contributed by atoms with van der Waals surface area (Å²) in [5.74, 6) is 0.219. The molecule has 5 rings (SSSR count). The zero-order valence-corrected chi connectivity index (χ0v) is 24.5. The van der Waals surface area contributed by atoms with Crippen LogP contribution >= 0.6 is 27.5 Å². The van der Waals surface area contributed by atoms with Crippen LogP contribution in [0.4, 0.5) is 0 Å². The minimum Gasteiger partial charge on any atom is -0.486 e. The molecule has 9 nitrogen and oxygen atoms in total. The fourth-order valence-electron chi connectivity index (χ4n) is 5.24. The molecule has 216 valence electrons. The number of benzene rings is 3. The first kappa shape index (κ1) is 29.2. The molecule has 1 amide bonds. The molecule has 11 heteroatoms. The van der Waals surface area contributed by atoms with Crippen molar-refractivity contribution in [3.05, 3.63) is 74.7 Å². The minimum absolute atomic E-state index is 0.138. The largest absolute Gasteiger partial charge is 0.486 e. The number of aliphatic hydroxyl groups is 1. The topological polar surface area (TPSA) is 132 Å². The second-order valence-electron chi connectivity index (χ2n) is 10.1. The number of carboxylic acids is 1. The van der Waals surface area contributed by atoms with Gasteiger partial charge in [0.15, 0.2) is 18.1 Å². The number of β-amino-alcohol motifs (C(OH)–C–C–N with tert-alkyl or cyclic N) is 1. The van der Waals surface area contributed by atoms with E-state index < -0.39 is 24.0 Å². The molecule has 3 aromatic rings. The number of hydrogen-bond donors (Lipinski definition) is 3. The van der Waals surface area contributed by atoms with E-state index in [1.165, 1.54) is 0 Å². The number of aliphatic carboxylic acids is 1. The van der Waals surface area contributed by atoms with Gasteiger partial charge >= 0.3 is 5.97 Å². The van der Waals surface area contributed by atoms with Gasteiger partial charge in [0.1, 0.15) is 25.0 Å². The lowest BCUT2D eigenvalue weighted by atomic mass is 9.98. The predicted octanol–water partition coefficient (Wildman–Crippen LogP) is 4.21. The van der Waals surface area contributed by atoms with Gasteiger partial charge in [-0.2, -0.15) is 0 Å². The molecule has 0 aromatic heterocycles. The van der Waals surface area contributed by atoms with E-state index in [4.69, 9.17) is 31.5 Å². The van der Waals surface area contributed by atoms with Crippen LogP contribution < -0.4 is 19.9 Å². The van der Waals surface area contributed by atoms with Gasteiger partial charge in [0.05, 0.1) is 6.10 Å². The fourth-order valence-corrected chi connectivity index (χ4v) is 6.21. The molecule has 0 radical (unpaired) electrons. The first-order valence-corrected chi connectivity index (χ1v) is 14.4. The quantitative estimate of drug-likeness (QED) is 0.299. The summed E-state index contributed by atoms with van der Waals surface area (Å²) in [6.45, 7) is 1.11. The number of nitrogens with two attached hydrogens (primary N) is 1. The lowest BCUT2D eigenvalue weighted by molar-refractivity contribution is -0.142. The summed E-state index contributed by atoms with van der Waals surface area (Å²) < 4.78 is 18.1. The number of aliphatic hydroxyl groups excluding tert-OH is 1. The number of carboxylic acid groups (broad SMARTS) is 1. The molecule has 1 saturated heterocycles. The number of amides is 1. The van der Waals surface area contributed by atoms with Crippen LogP contribution in [0.2, 0.25) is 5.02 Å². The summed E-state index contributed by atoms with van der Waals surface area (Å²) in [4.78, 5) is 24.8. The first-order valence-electron chi connectivity index (χ1n) is 13.2. The van der Waals surface area contributed by atoms with Crippen molar-refractivity contribution in [1.29, 1.82) is 0 Å². The van der Waals surface area contributed by atoms with Crippen molar-refractivity contribution in [2.45, 2.75) is 38.0 Å². The van der Waals surface area contributed by atoms with E-state index in [2.05, 4.69) is 15.9 Å². The Kier molecular flexibility index (Phi) is 9.03. The van der Waals surface area contributed by atoms with Gasteiger partial charge in [0.25, 0.3) is 5.91 Å². The van der Waals surface area contributed by atoms with E-state index in [9.17, 15) is 19.8 Å². The van der Waals surface area contributed by atoms with Gasteiger partial charge in [-0.15, -0.1) is 0 Å². The number of likely N-dealkylation sites (tertiary alicyclic amines) is 1. The summed E-state index contributed by atoms with van der Waals surface area (Å²) in [5, 5.41) is 20.1. The van der Waals surface area contributed by atoms with Gasteiger partial charge in [-0.3, -0.25) is 14.5 Å². The number of primary amides is 1. The average molecular weight is 646 g/mol. The SMILES string of the molecule is NC(=O)COc1cc(CCc2cccc(-c3ccc4c(c3)OCCO4)c2Br)c(Cl)cc1CN1C[C@@H](O)C[C@H]1C(=O)O. The Morgan fingerprint density at radius 1 is 1.05 bits per heavy atom. The normalized spacial score (nSPS) is 18.3. The summed E-state index contributed by atoms with van der Waals surface area (Å²) >= 11 is 10.5. The van der Waals surface area contributed by atoms with Crippen molar-refractivity contribution < 1.29 is 34.0 Å². The fraction of sp³-hybridized carbons (Fsp3) is 0.333. The third kappa shape index (κ3) is 6.78. The van der Waals surface area contributed by atoms with E-state index in [1.54, 1.807) is 17.0 Å². The van der Waals surface area contributed by atoms with Gasteiger partial charge < -0.3 is 30.2 Å². The Bertz CT molecular complexity index is 1470. The highest BCUT2D eigenvalue weighted by atomic mass is 79.9. The van der Waals surface area contributed by atoms with Gasteiger partial charge in [-0.25, -0.2) is 0 Å². The van der Waals surface area contributed by atoms with Crippen LogP contribution in [0.1, 0.15) is 23.1 Å². The maximum atomic E-state index is 11.7. The second-order valence-corrected chi connectivity index (χ2v) is 11.3. The third-order valence-electron chi connectivity index (χ3n) is 7.23. The molecular formula is C30H30BrClN2O7. The van der Waals surface area contributed by atoms with Crippen molar-refractivity contribution in [3.8, 4) is 28.4 Å². The number of carbonyl (C=O) groups excluding carboxylic acids is 1. The maximum Gasteiger partial charge on any atom is 0.321 e. The number of rotatable bonds is 10. The highest BCUT2D eigenvalue weighted by molar-refractivity contribution is 9.10. The molecule has 0 aliphatic carbocycles. The third-order valence-corrected chi connectivity index (χ3v) is 8.52. The Hall–Kier alpha value is -3.31. The molecule has 2 aliphatic rings. The molecule has 4 N–H and O–H groups in total. The molecular weight excluding hydrogens is 616 g/mol. The number of fused-ring (bicyclic) bond motifs is 1. The van der Waals surface area contributed by atoms with Crippen molar-refractivity contribution in [3.63, 3.8) is 0 Å². The molecule has 0 bridgehead atoms. The standard InChI is InChI=1S/C30H30BrClN2O7/c31-29-17(2-1-3-22(29)18-6-7-25-27(11-18)40-9-8-39-25)4-5-19-12-26(41-16-28(33)36)20(10-23(19)32)14-34-15-21(35)13-24(34)30(37)38/h1-3,6-7,10-12,21,24,35H,4-5,8-9,13-16H2,(H2,33,36)(H,37,38)/t21-,24-/m0/s1. The Labute approximate surface area is 250 Å². The first-order chi connectivity index (χ1) is 19.7. The van der Waals surface area contributed by atoms with Crippen molar-refractivity contribution in [2.75, 3.05) is 26.4 Å². The van der Waals surface area contributed by atoms with Crippen molar-refractivity contribution >= 4 is 39.4 Å². The van der Waals surface area contributed by atoms with E-state index in [0.29, 0.717) is 42.4 Å².